The Kier molecular flexibility index (Phi) is 4.32. The van der Waals surface area contributed by atoms with Crippen molar-refractivity contribution in [1.82, 2.24) is 4.57 Å². The second kappa shape index (κ2) is 7.37. The highest BCUT2D eigenvalue weighted by Gasteiger charge is 2.26. The molecule has 0 saturated carbocycles. The van der Waals surface area contributed by atoms with Crippen molar-refractivity contribution in [2.75, 3.05) is 0 Å². The summed E-state index contributed by atoms with van der Waals surface area (Å²) in [6, 6.07) is 28.2. The van der Waals surface area contributed by atoms with Crippen LogP contribution in [0, 0.1) is 29.6 Å². The van der Waals surface area contributed by atoms with Crippen LogP contribution in [0.15, 0.2) is 84.0 Å². The average molecular weight is 424 g/mol. The monoisotopic (exact) mass is 423 g/mol. The van der Waals surface area contributed by atoms with Crippen molar-refractivity contribution in [2.24, 2.45) is 0 Å². The molecule has 2 aliphatic rings. The van der Waals surface area contributed by atoms with Crippen molar-refractivity contribution in [3.05, 3.63) is 101 Å². The molecule has 0 N–H and O–H groups in total. The van der Waals surface area contributed by atoms with Crippen LogP contribution in [0.3, 0.4) is 0 Å². The van der Waals surface area contributed by atoms with Crippen LogP contribution in [0.1, 0.15) is 29.5 Å². The van der Waals surface area contributed by atoms with Crippen molar-refractivity contribution < 1.29 is 0 Å². The van der Waals surface area contributed by atoms with E-state index in [1.165, 1.54) is 44.5 Å². The Morgan fingerprint density at radius 2 is 1.55 bits per heavy atom. The van der Waals surface area contributed by atoms with Gasteiger partial charge in [-0.05, 0) is 66.1 Å². The molecule has 6 rings (SSSR count). The topological polar surface area (TPSA) is 52.5 Å². The Balaban J connectivity index is 1.66. The third-order valence-electron chi connectivity index (χ3n) is 7.04. The minimum Gasteiger partial charge on any atom is -0.313 e. The largest absolute Gasteiger partial charge is 0.313 e. The summed E-state index contributed by atoms with van der Waals surface area (Å²) < 4.78 is 2.33. The average Bonchev–Trinajstić information content (AvgIpc) is 3.39. The van der Waals surface area contributed by atoms with E-state index in [0.29, 0.717) is 17.6 Å². The fourth-order valence-corrected chi connectivity index (χ4v) is 5.51. The summed E-state index contributed by atoms with van der Waals surface area (Å²) in [5.74, 6) is 0. The van der Waals surface area contributed by atoms with Crippen LogP contribution in [0.4, 0.5) is 0 Å². The van der Waals surface area contributed by atoms with Crippen molar-refractivity contribution in [3.8, 4) is 34.5 Å². The number of hydrogen-bond acceptors (Lipinski definition) is 2. The number of fused-ring (bicyclic) bond motifs is 4. The number of aromatic nitrogens is 1. The molecule has 0 bridgehead atoms. The zero-order chi connectivity index (χ0) is 22.5. The Morgan fingerprint density at radius 1 is 0.788 bits per heavy atom. The molecule has 156 valence electrons. The molecule has 0 saturated heterocycles. The first-order chi connectivity index (χ1) is 16.2. The van der Waals surface area contributed by atoms with Gasteiger partial charge in [0.2, 0.25) is 0 Å². The van der Waals surface area contributed by atoms with Crippen LogP contribution < -0.4 is 0 Å². The molecular formula is C30H21N3. The lowest BCUT2D eigenvalue weighted by molar-refractivity contribution is 0.931. The number of para-hydroxylation sites is 1. The van der Waals surface area contributed by atoms with E-state index in [4.69, 9.17) is 0 Å². The van der Waals surface area contributed by atoms with Gasteiger partial charge in [-0.1, -0.05) is 60.7 Å². The van der Waals surface area contributed by atoms with Crippen molar-refractivity contribution in [3.63, 3.8) is 0 Å². The van der Waals surface area contributed by atoms with Crippen LogP contribution in [-0.2, 0) is 6.42 Å². The molecule has 1 aromatic heterocycles. The van der Waals surface area contributed by atoms with E-state index >= 15 is 0 Å². The maximum absolute atomic E-state index is 9.68. The Labute approximate surface area is 193 Å². The maximum Gasteiger partial charge on any atom is 0.100 e. The number of nitrogens with zero attached hydrogens (tertiary/aromatic N) is 3. The van der Waals surface area contributed by atoms with E-state index in [2.05, 4.69) is 90.4 Å². The molecule has 0 atom stereocenters. The smallest absolute Gasteiger partial charge is 0.100 e. The summed E-state index contributed by atoms with van der Waals surface area (Å²) in [6.45, 7) is 2.20. The van der Waals surface area contributed by atoms with Gasteiger partial charge in [0, 0.05) is 22.2 Å². The maximum atomic E-state index is 9.68. The van der Waals surface area contributed by atoms with Gasteiger partial charge in [-0.15, -0.1) is 0 Å². The van der Waals surface area contributed by atoms with Crippen molar-refractivity contribution in [1.29, 1.82) is 10.5 Å². The summed E-state index contributed by atoms with van der Waals surface area (Å²) in [6.07, 6.45) is 4.15. The fraction of sp³-hybridized carbons (Fsp3) is 0.133. The predicted octanol–water partition coefficient (Wildman–Crippen LogP) is 7.17. The fourth-order valence-electron chi connectivity index (χ4n) is 5.51. The molecule has 0 radical (unpaired) electrons. The quantitative estimate of drug-likeness (QED) is 0.302. The number of allylic oxidation sites excluding steroid dienone is 4. The van der Waals surface area contributed by atoms with E-state index in [-0.39, 0.29) is 0 Å². The molecule has 2 aliphatic carbocycles. The van der Waals surface area contributed by atoms with E-state index in [1.54, 1.807) is 0 Å². The molecule has 3 aromatic carbocycles. The third kappa shape index (κ3) is 2.80. The van der Waals surface area contributed by atoms with Gasteiger partial charge in [-0.2, -0.15) is 10.5 Å². The van der Waals surface area contributed by atoms with Gasteiger partial charge in [-0.25, -0.2) is 0 Å². The summed E-state index contributed by atoms with van der Waals surface area (Å²) in [5, 5.41) is 20.3. The normalized spacial score (nSPS) is 14.5. The highest BCUT2D eigenvalue weighted by molar-refractivity contribution is 5.97. The number of aryl methyl sites for hydroxylation is 1. The Bertz CT molecular complexity index is 1610. The van der Waals surface area contributed by atoms with Gasteiger partial charge in [-0.3, -0.25) is 0 Å². The van der Waals surface area contributed by atoms with Gasteiger partial charge in [0.15, 0.2) is 0 Å². The number of rotatable bonds is 2. The summed E-state index contributed by atoms with van der Waals surface area (Å²) >= 11 is 0. The molecule has 1 heterocycles. The van der Waals surface area contributed by atoms with Crippen molar-refractivity contribution >= 4 is 16.6 Å². The van der Waals surface area contributed by atoms with E-state index in [0.717, 1.165) is 24.1 Å². The lowest BCUT2D eigenvalue weighted by Gasteiger charge is -2.20. The second-order valence-corrected chi connectivity index (χ2v) is 8.74. The Morgan fingerprint density at radius 3 is 2.39 bits per heavy atom. The molecule has 0 amide bonds. The van der Waals surface area contributed by atoms with Gasteiger partial charge in [0.25, 0.3) is 0 Å². The second-order valence-electron chi connectivity index (χ2n) is 8.74. The first kappa shape index (κ1) is 19.4. The highest BCUT2D eigenvalue weighted by atomic mass is 15.0. The SMILES string of the molecule is Cc1c(-c2cccc3c2Cc2ccccc2-3)n(C2=CC(C#N)=C(C#N)CC2)c2ccccc12. The zero-order valence-corrected chi connectivity index (χ0v) is 18.4. The van der Waals surface area contributed by atoms with Crippen LogP contribution in [0.2, 0.25) is 0 Å². The minimum absolute atomic E-state index is 0.478. The van der Waals surface area contributed by atoms with Crippen LogP contribution in [0.25, 0.3) is 39.0 Å². The van der Waals surface area contributed by atoms with Gasteiger partial charge in [0.1, 0.15) is 6.07 Å². The first-order valence-electron chi connectivity index (χ1n) is 11.3. The van der Waals surface area contributed by atoms with Crippen LogP contribution in [-0.4, -0.2) is 4.57 Å². The summed E-state index contributed by atoms with van der Waals surface area (Å²) in [5.41, 5.74) is 12.3. The zero-order valence-electron chi connectivity index (χ0n) is 18.4. The molecule has 0 fully saturated rings. The highest BCUT2D eigenvalue weighted by Crippen LogP contribution is 2.45. The number of benzene rings is 3. The molecule has 0 aliphatic heterocycles. The van der Waals surface area contributed by atoms with Crippen LogP contribution in [0.5, 0.6) is 0 Å². The lowest BCUT2D eigenvalue weighted by atomic mass is 9.95. The molecule has 3 heteroatoms. The van der Waals surface area contributed by atoms with Gasteiger partial charge < -0.3 is 4.57 Å². The van der Waals surface area contributed by atoms with E-state index < -0.39 is 0 Å². The van der Waals surface area contributed by atoms with Gasteiger partial charge in [0.05, 0.1) is 22.9 Å². The third-order valence-corrected chi connectivity index (χ3v) is 7.04. The van der Waals surface area contributed by atoms with Crippen molar-refractivity contribution in [2.45, 2.75) is 26.2 Å². The van der Waals surface area contributed by atoms with Gasteiger partial charge >= 0.3 is 0 Å². The molecule has 0 unspecified atom stereocenters. The summed E-state index contributed by atoms with van der Waals surface area (Å²) in [4.78, 5) is 0. The first-order valence-corrected chi connectivity index (χ1v) is 11.3. The minimum atomic E-state index is 0.478. The molecule has 4 aromatic rings. The van der Waals surface area contributed by atoms with E-state index in [1.807, 2.05) is 6.08 Å². The summed E-state index contributed by atoms with van der Waals surface area (Å²) in [7, 11) is 0. The number of hydrogen-bond donors (Lipinski definition) is 0. The Hall–Kier alpha value is -4.34. The standard InChI is InChI=1S/C30H21N3/c1-19-24-8-4-5-12-29(24)33(23-14-13-21(17-31)22(15-23)18-32)30(19)27-11-6-10-26-25-9-3-2-7-20(25)16-28(26)27/h2-12,15H,13-14,16H2,1H3. The van der Waals surface area contributed by atoms with E-state index in [9.17, 15) is 10.5 Å². The molecule has 3 nitrogen and oxygen atoms in total. The number of nitriles is 2. The van der Waals surface area contributed by atoms with Crippen LogP contribution >= 0.6 is 0 Å². The lowest BCUT2D eigenvalue weighted by Crippen LogP contribution is -2.06. The molecule has 33 heavy (non-hydrogen) atoms. The molecular weight excluding hydrogens is 402 g/mol. The molecule has 0 spiro atoms. The predicted molar refractivity (Wildman–Crippen MR) is 132 cm³/mol.